The topological polar surface area (TPSA) is 117 Å². The van der Waals surface area contributed by atoms with Gasteiger partial charge < -0.3 is 20.1 Å². The Morgan fingerprint density at radius 2 is 2.05 bits per heavy atom. The number of benzene rings is 1. The van der Waals surface area contributed by atoms with Gasteiger partial charge in [-0.15, -0.1) is 0 Å². The Kier molecular flexibility index (Phi) is 6.12. The minimum Gasteiger partial charge on any atom is -0.496 e. The molecule has 5 rings (SSSR count). The molecule has 2 amide bonds. The van der Waals surface area contributed by atoms with E-state index >= 15 is 0 Å². The van der Waals surface area contributed by atoms with Crippen LogP contribution in [0.4, 0.5) is 0 Å². The van der Waals surface area contributed by atoms with Gasteiger partial charge in [-0.1, -0.05) is 12.1 Å². The van der Waals surface area contributed by atoms with Gasteiger partial charge in [0, 0.05) is 36.7 Å². The van der Waals surface area contributed by atoms with Crippen molar-refractivity contribution in [3.8, 4) is 11.5 Å². The van der Waals surface area contributed by atoms with Gasteiger partial charge in [-0.3, -0.25) is 24.9 Å². The predicted molar refractivity (Wildman–Crippen MR) is 138 cm³/mol. The van der Waals surface area contributed by atoms with Gasteiger partial charge in [-0.25, -0.2) is 0 Å². The lowest BCUT2D eigenvalue weighted by molar-refractivity contribution is -0.133. The molecule has 37 heavy (non-hydrogen) atoms. The van der Waals surface area contributed by atoms with Crippen LogP contribution in [0.2, 0.25) is 0 Å². The summed E-state index contributed by atoms with van der Waals surface area (Å²) in [4.78, 5) is 32.6. The van der Waals surface area contributed by atoms with Crippen molar-refractivity contribution in [3.05, 3.63) is 53.9 Å². The van der Waals surface area contributed by atoms with Crippen LogP contribution in [0, 0.1) is 17.2 Å². The standard InChI is InChI=1S/C28H35N5O4/c1-27(2)14-22(34)33(26(29)32-27)24(16-8-7-11-30-15-16)17-12-18(17)25(35)31-19-13-28(3,4)37-21-10-6-9-20(36-5)23(19)21/h6-11,15,17-19,24H,12-14H2,1-5H3,(H2,29,32)(H,31,35)/t17?,18-,19?,24-/m1/s1. The molecule has 3 heterocycles. The van der Waals surface area contributed by atoms with Gasteiger partial charge in [0.25, 0.3) is 0 Å². The molecule has 1 saturated heterocycles. The zero-order valence-electron chi connectivity index (χ0n) is 22.0. The molecule has 3 aliphatic rings. The van der Waals surface area contributed by atoms with E-state index in [1.165, 1.54) is 4.90 Å². The van der Waals surface area contributed by atoms with Crippen molar-refractivity contribution in [2.45, 2.75) is 70.2 Å². The number of nitrogens with zero attached hydrogens (tertiary/aromatic N) is 2. The second-order valence-corrected chi connectivity index (χ2v) is 11.5. The van der Waals surface area contributed by atoms with Gasteiger partial charge in [0.05, 0.1) is 24.8 Å². The van der Waals surface area contributed by atoms with Crippen molar-refractivity contribution >= 4 is 17.8 Å². The fourth-order valence-corrected chi connectivity index (χ4v) is 5.78. The molecule has 3 N–H and O–H groups in total. The van der Waals surface area contributed by atoms with Crippen molar-refractivity contribution in [1.29, 1.82) is 5.41 Å². The first kappa shape index (κ1) is 25.0. The van der Waals surface area contributed by atoms with Crippen molar-refractivity contribution < 1.29 is 19.1 Å². The summed E-state index contributed by atoms with van der Waals surface area (Å²) in [5, 5.41) is 15.0. The first-order chi connectivity index (χ1) is 17.5. The maximum absolute atomic E-state index is 13.6. The number of aromatic nitrogens is 1. The van der Waals surface area contributed by atoms with E-state index in [-0.39, 0.29) is 42.1 Å². The summed E-state index contributed by atoms with van der Waals surface area (Å²) < 4.78 is 11.8. The van der Waals surface area contributed by atoms with Crippen LogP contribution in [0.15, 0.2) is 42.7 Å². The van der Waals surface area contributed by atoms with Crippen molar-refractivity contribution in [3.63, 3.8) is 0 Å². The fourth-order valence-electron chi connectivity index (χ4n) is 5.78. The minimum atomic E-state index is -0.493. The Bertz CT molecular complexity index is 1210. The number of carbonyl (C=O) groups excluding carboxylic acids is 2. The highest BCUT2D eigenvalue weighted by Gasteiger charge is 2.54. The van der Waals surface area contributed by atoms with Gasteiger partial charge in [0.15, 0.2) is 5.96 Å². The molecule has 0 bridgehead atoms. The van der Waals surface area contributed by atoms with Crippen LogP contribution in [-0.2, 0) is 9.59 Å². The molecule has 2 fully saturated rings. The zero-order valence-corrected chi connectivity index (χ0v) is 22.0. The SMILES string of the molecule is COc1cccc2c1C(NC(=O)[C@@H]1CC1[C@@H](c1cccnc1)N1C(=N)NC(C)(C)CC1=O)CC(C)(C)O2. The molecule has 9 heteroatoms. The third kappa shape index (κ3) is 4.86. The summed E-state index contributed by atoms with van der Waals surface area (Å²) in [6, 6.07) is 8.68. The summed E-state index contributed by atoms with van der Waals surface area (Å²) in [5.41, 5.74) is 0.721. The fraction of sp³-hybridized carbons (Fsp3) is 0.500. The van der Waals surface area contributed by atoms with Gasteiger partial charge in [-0.05, 0) is 63.8 Å². The smallest absolute Gasteiger partial charge is 0.232 e. The van der Waals surface area contributed by atoms with Crippen LogP contribution in [-0.4, -0.2) is 45.9 Å². The monoisotopic (exact) mass is 505 g/mol. The number of nitrogens with one attached hydrogen (secondary N) is 3. The maximum atomic E-state index is 13.6. The summed E-state index contributed by atoms with van der Waals surface area (Å²) in [6.07, 6.45) is 4.89. The van der Waals surface area contributed by atoms with Crippen LogP contribution in [0.1, 0.15) is 70.2 Å². The van der Waals surface area contributed by atoms with Crippen LogP contribution < -0.4 is 20.1 Å². The third-order valence-electron chi connectivity index (χ3n) is 7.44. The largest absolute Gasteiger partial charge is 0.496 e. The molecule has 0 spiro atoms. The number of pyridine rings is 1. The average molecular weight is 506 g/mol. The zero-order chi connectivity index (χ0) is 26.5. The van der Waals surface area contributed by atoms with E-state index < -0.39 is 17.2 Å². The Balaban J connectivity index is 1.40. The third-order valence-corrected chi connectivity index (χ3v) is 7.44. The quantitative estimate of drug-likeness (QED) is 0.551. The Hall–Kier alpha value is -3.62. The number of hydrogen-bond acceptors (Lipinski definition) is 6. The summed E-state index contributed by atoms with van der Waals surface area (Å²) in [5.74, 6) is 0.848. The first-order valence-electron chi connectivity index (χ1n) is 12.7. The predicted octanol–water partition coefficient (Wildman–Crippen LogP) is 3.72. The van der Waals surface area contributed by atoms with Crippen molar-refractivity contribution in [1.82, 2.24) is 20.5 Å². The Morgan fingerprint density at radius 3 is 2.73 bits per heavy atom. The summed E-state index contributed by atoms with van der Waals surface area (Å²) >= 11 is 0. The van der Waals surface area contributed by atoms with E-state index in [4.69, 9.17) is 14.9 Å². The molecule has 2 aromatic rings. The molecular weight excluding hydrogens is 470 g/mol. The number of fused-ring (bicyclic) bond motifs is 1. The van der Waals surface area contributed by atoms with E-state index in [9.17, 15) is 9.59 Å². The van der Waals surface area contributed by atoms with E-state index in [2.05, 4.69) is 15.6 Å². The van der Waals surface area contributed by atoms with Gasteiger partial charge >= 0.3 is 0 Å². The molecule has 0 radical (unpaired) electrons. The molecule has 1 aromatic heterocycles. The molecule has 2 aliphatic heterocycles. The van der Waals surface area contributed by atoms with Crippen LogP contribution in [0.3, 0.4) is 0 Å². The Morgan fingerprint density at radius 1 is 1.27 bits per heavy atom. The molecule has 1 aliphatic carbocycles. The van der Waals surface area contributed by atoms with Gasteiger partial charge in [0.1, 0.15) is 17.1 Å². The normalized spacial score (nSPS) is 26.3. The molecule has 196 valence electrons. The van der Waals surface area contributed by atoms with E-state index in [1.54, 1.807) is 19.5 Å². The highest BCUT2D eigenvalue weighted by molar-refractivity contribution is 5.99. The van der Waals surface area contributed by atoms with E-state index in [0.29, 0.717) is 24.3 Å². The Labute approximate surface area is 217 Å². The number of guanidine groups is 1. The van der Waals surface area contributed by atoms with Crippen LogP contribution in [0.5, 0.6) is 11.5 Å². The van der Waals surface area contributed by atoms with Crippen molar-refractivity contribution in [2.24, 2.45) is 11.8 Å². The molecular formula is C28H35N5O4. The maximum Gasteiger partial charge on any atom is 0.232 e. The highest BCUT2D eigenvalue weighted by Crippen LogP contribution is 2.52. The molecule has 9 nitrogen and oxygen atoms in total. The molecule has 1 saturated carbocycles. The number of amides is 2. The number of methoxy groups -OCH3 is 1. The minimum absolute atomic E-state index is 0.0611. The highest BCUT2D eigenvalue weighted by atomic mass is 16.5. The second-order valence-electron chi connectivity index (χ2n) is 11.5. The number of hydrogen-bond donors (Lipinski definition) is 3. The first-order valence-corrected chi connectivity index (χ1v) is 12.7. The lowest BCUT2D eigenvalue weighted by atomic mass is 9.89. The molecule has 1 aromatic carbocycles. The average Bonchev–Trinajstić information content (AvgIpc) is 3.60. The lowest BCUT2D eigenvalue weighted by Crippen LogP contribution is -2.60. The van der Waals surface area contributed by atoms with E-state index in [0.717, 1.165) is 11.1 Å². The number of ether oxygens (including phenoxy) is 2. The van der Waals surface area contributed by atoms with Crippen LogP contribution >= 0.6 is 0 Å². The number of carbonyl (C=O) groups is 2. The molecule has 2 unspecified atom stereocenters. The number of rotatable bonds is 6. The lowest BCUT2D eigenvalue weighted by Gasteiger charge is -2.42. The van der Waals surface area contributed by atoms with Gasteiger partial charge in [0.2, 0.25) is 11.8 Å². The second kappa shape index (κ2) is 9.04. The molecule has 4 atom stereocenters. The van der Waals surface area contributed by atoms with Gasteiger partial charge in [-0.2, -0.15) is 0 Å². The van der Waals surface area contributed by atoms with Crippen LogP contribution in [0.25, 0.3) is 0 Å². The summed E-state index contributed by atoms with van der Waals surface area (Å²) in [7, 11) is 1.61. The van der Waals surface area contributed by atoms with Crippen molar-refractivity contribution in [2.75, 3.05) is 7.11 Å². The summed E-state index contributed by atoms with van der Waals surface area (Å²) in [6.45, 7) is 7.83. The van der Waals surface area contributed by atoms with E-state index in [1.807, 2.05) is 58.0 Å².